The minimum absolute atomic E-state index is 0.100. The zero-order valence-electron chi connectivity index (χ0n) is 11.6. The maximum atomic E-state index is 10.5. The molecule has 1 atom stereocenters. The second-order valence-corrected chi connectivity index (χ2v) is 5.37. The van der Waals surface area contributed by atoms with Crippen molar-refractivity contribution in [1.82, 2.24) is 9.97 Å². The first-order valence-corrected chi connectivity index (χ1v) is 6.79. The van der Waals surface area contributed by atoms with Crippen LogP contribution in [0, 0.1) is 6.92 Å². The highest BCUT2D eigenvalue weighted by Crippen LogP contribution is 2.37. The molecule has 0 fully saturated rings. The number of halogens is 1. The molecular weight excluding hydrogens is 290 g/mol. The van der Waals surface area contributed by atoms with Crippen molar-refractivity contribution in [3.8, 4) is 5.75 Å². The van der Waals surface area contributed by atoms with Gasteiger partial charge in [-0.05, 0) is 19.1 Å². The summed E-state index contributed by atoms with van der Waals surface area (Å²) in [5.41, 5.74) is 3.70. The normalized spacial score (nSPS) is 17.4. The fraction of sp³-hybridized carbons (Fsp3) is 0.200. The van der Waals surface area contributed by atoms with Crippen molar-refractivity contribution in [3.05, 3.63) is 46.5 Å². The Kier molecular flexibility index (Phi) is 3.31. The molecule has 108 valence electrons. The monoisotopic (exact) mass is 303 g/mol. The lowest BCUT2D eigenvalue weighted by Gasteiger charge is -2.33. The number of aliphatic hydroxyl groups is 1. The lowest BCUT2D eigenvalue weighted by atomic mass is 9.95. The molecule has 0 bridgehead atoms. The van der Waals surface area contributed by atoms with Crippen LogP contribution in [-0.2, 0) is 0 Å². The SMILES string of the molecule is Cc1c(O)cncc1C1=Cc2cnc(Cl)cc2N(C)C1O. The van der Waals surface area contributed by atoms with Crippen LogP contribution in [0.15, 0.2) is 24.7 Å². The average Bonchev–Trinajstić information content (AvgIpc) is 2.47. The first kappa shape index (κ1) is 13.9. The van der Waals surface area contributed by atoms with Gasteiger partial charge in [-0.15, -0.1) is 0 Å². The Bertz CT molecular complexity index is 746. The molecule has 2 aromatic rings. The largest absolute Gasteiger partial charge is 0.506 e. The number of fused-ring (bicyclic) bond motifs is 1. The smallest absolute Gasteiger partial charge is 0.153 e. The maximum absolute atomic E-state index is 10.5. The average molecular weight is 304 g/mol. The number of hydrogen-bond acceptors (Lipinski definition) is 5. The van der Waals surface area contributed by atoms with E-state index in [9.17, 15) is 10.2 Å². The van der Waals surface area contributed by atoms with Gasteiger partial charge in [0.1, 0.15) is 10.9 Å². The van der Waals surface area contributed by atoms with Gasteiger partial charge in [-0.2, -0.15) is 0 Å². The molecule has 0 aliphatic carbocycles. The topological polar surface area (TPSA) is 69.5 Å². The third-order valence-electron chi connectivity index (χ3n) is 3.71. The predicted octanol–water partition coefficient (Wildman–Crippen LogP) is 2.45. The maximum Gasteiger partial charge on any atom is 0.153 e. The number of pyridine rings is 2. The summed E-state index contributed by atoms with van der Waals surface area (Å²) >= 11 is 5.91. The summed E-state index contributed by atoms with van der Waals surface area (Å²) in [6.45, 7) is 1.79. The molecule has 5 nitrogen and oxygen atoms in total. The van der Waals surface area contributed by atoms with Crippen LogP contribution in [-0.4, -0.2) is 33.5 Å². The third-order valence-corrected chi connectivity index (χ3v) is 3.92. The van der Waals surface area contributed by atoms with Crippen LogP contribution >= 0.6 is 11.6 Å². The van der Waals surface area contributed by atoms with Crippen LogP contribution in [0.5, 0.6) is 5.75 Å². The van der Waals surface area contributed by atoms with Crippen LogP contribution in [0.1, 0.15) is 16.7 Å². The molecule has 1 unspecified atom stereocenters. The van der Waals surface area contributed by atoms with E-state index < -0.39 is 6.23 Å². The molecule has 0 aromatic carbocycles. The number of likely N-dealkylation sites (N-methyl/N-ethyl adjacent to an activating group) is 1. The van der Waals surface area contributed by atoms with Crippen molar-refractivity contribution in [2.24, 2.45) is 0 Å². The molecule has 0 saturated carbocycles. The van der Waals surface area contributed by atoms with Crippen LogP contribution in [0.4, 0.5) is 5.69 Å². The van der Waals surface area contributed by atoms with Gasteiger partial charge in [-0.3, -0.25) is 4.98 Å². The van der Waals surface area contributed by atoms with E-state index in [-0.39, 0.29) is 5.75 Å². The number of nitrogens with zero attached hydrogens (tertiary/aromatic N) is 3. The molecule has 3 heterocycles. The summed E-state index contributed by atoms with van der Waals surface area (Å²) in [5.74, 6) is 0.100. The number of hydrogen-bond donors (Lipinski definition) is 2. The Morgan fingerprint density at radius 2 is 2.05 bits per heavy atom. The van der Waals surface area contributed by atoms with Gasteiger partial charge in [-0.1, -0.05) is 11.6 Å². The lowest BCUT2D eigenvalue weighted by molar-refractivity contribution is 0.232. The quantitative estimate of drug-likeness (QED) is 0.792. The summed E-state index contributed by atoms with van der Waals surface area (Å²) in [4.78, 5) is 9.77. The van der Waals surface area contributed by atoms with Gasteiger partial charge in [0.05, 0.1) is 11.9 Å². The standard InChI is InChI=1S/C15H14ClN3O2/c1-8-11(6-17-7-13(8)20)10-3-9-5-18-14(16)4-12(9)19(2)15(10)21/h3-7,15,20-21H,1-2H3. The summed E-state index contributed by atoms with van der Waals surface area (Å²) in [6, 6.07) is 1.71. The summed E-state index contributed by atoms with van der Waals surface area (Å²) in [7, 11) is 1.78. The van der Waals surface area contributed by atoms with E-state index in [4.69, 9.17) is 11.6 Å². The first-order valence-electron chi connectivity index (χ1n) is 6.41. The Hall–Kier alpha value is -2.11. The molecule has 3 rings (SSSR count). The number of aromatic nitrogens is 2. The van der Waals surface area contributed by atoms with Crippen molar-refractivity contribution >= 4 is 28.9 Å². The summed E-state index contributed by atoms with van der Waals surface area (Å²) in [6.07, 6.45) is 5.66. The number of anilines is 1. The van der Waals surface area contributed by atoms with E-state index in [1.807, 2.05) is 6.08 Å². The van der Waals surface area contributed by atoms with E-state index in [1.54, 1.807) is 37.3 Å². The van der Waals surface area contributed by atoms with E-state index in [0.717, 1.165) is 11.3 Å². The van der Waals surface area contributed by atoms with E-state index in [1.165, 1.54) is 6.20 Å². The van der Waals surface area contributed by atoms with Gasteiger partial charge >= 0.3 is 0 Å². The van der Waals surface area contributed by atoms with E-state index in [0.29, 0.717) is 21.9 Å². The molecule has 0 amide bonds. The molecule has 6 heteroatoms. The van der Waals surface area contributed by atoms with Gasteiger partial charge in [-0.25, -0.2) is 4.98 Å². The van der Waals surface area contributed by atoms with Gasteiger partial charge in [0.25, 0.3) is 0 Å². The first-order chi connectivity index (χ1) is 9.99. The molecule has 0 saturated heterocycles. The number of rotatable bonds is 1. The van der Waals surface area contributed by atoms with Crippen molar-refractivity contribution < 1.29 is 10.2 Å². The highest BCUT2D eigenvalue weighted by atomic mass is 35.5. The van der Waals surface area contributed by atoms with E-state index >= 15 is 0 Å². The zero-order chi connectivity index (χ0) is 15.1. The lowest BCUT2D eigenvalue weighted by Crippen LogP contribution is -2.35. The third kappa shape index (κ3) is 2.24. The molecular formula is C15H14ClN3O2. The highest BCUT2D eigenvalue weighted by molar-refractivity contribution is 6.29. The Balaban J connectivity index is 2.19. The van der Waals surface area contributed by atoms with Crippen molar-refractivity contribution in [2.45, 2.75) is 13.2 Å². The molecule has 1 aliphatic rings. The van der Waals surface area contributed by atoms with Crippen LogP contribution in [0.25, 0.3) is 11.6 Å². The second kappa shape index (κ2) is 5.02. The zero-order valence-corrected chi connectivity index (χ0v) is 12.3. The van der Waals surface area contributed by atoms with Gasteiger partial charge in [0.15, 0.2) is 6.23 Å². The van der Waals surface area contributed by atoms with E-state index in [2.05, 4.69) is 9.97 Å². The number of aromatic hydroxyl groups is 1. The van der Waals surface area contributed by atoms with Crippen LogP contribution in [0.3, 0.4) is 0 Å². The predicted molar refractivity (Wildman–Crippen MR) is 82.2 cm³/mol. The van der Waals surface area contributed by atoms with Crippen LogP contribution in [0.2, 0.25) is 5.15 Å². The minimum Gasteiger partial charge on any atom is -0.506 e. The molecule has 2 N–H and O–H groups in total. The van der Waals surface area contributed by atoms with Gasteiger partial charge in [0, 0.05) is 41.7 Å². The fourth-order valence-corrected chi connectivity index (χ4v) is 2.60. The van der Waals surface area contributed by atoms with Crippen molar-refractivity contribution in [2.75, 3.05) is 11.9 Å². The molecule has 2 aromatic heterocycles. The number of aliphatic hydroxyl groups excluding tert-OH is 1. The van der Waals surface area contributed by atoms with Crippen LogP contribution < -0.4 is 4.90 Å². The molecule has 0 radical (unpaired) electrons. The Morgan fingerprint density at radius 1 is 1.29 bits per heavy atom. The molecule has 0 spiro atoms. The van der Waals surface area contributed by atoms with Gasteiger partial charge in [0.2, 0.25) is 0 Å². The fourth-order valence-electron chi connectivity index (χ4n) is 2.45. The summed E-state index contributed by atoms with van der Waals surface area (Å²) < 4.78 is 0. The molecule has 1 aliphatic heterocycles. The van der Waals surface area contributed by atoms with Gasteiger partial charge < -0.3 is 15.1 Å². The van der Waals surface area contributed by atoms with Crippen molar-refractivity contribution in [3.63, 3.8) is 0 Å². The minimum atomic E-state index is -0.849. The Morgan fingerprint density at radius 3 is 2.81 bits per heavy atom. The highest BCUT2D eigenvalue weighted by Gasteiger charge is 2.27. The Labute approximate surface area is 127 Å². The van der Waals surface area contributed by atoms with Crippen molar-refractivity contribution in [1.29, 1.82) is 0 Å². The molecule has 21 heavy (non-hydrogen) atoms. The second-order valence-electron chi connectivity index (χ2n) is 4.98. The summed E-state index contributed by atoms with van der Waals surface area (Å²) in [5, 5.41) is 20.7.